The van der Waals surface area contributed by atoms with Gasteiger partial charge in [-0.1, -0.05) is 12.0 Å². The standard InChI is InChI=1S/C9H15N/c1-3-4-5-6-7-8-9-10-2/h3,10H,1,4-6,9H2,2H3. The zero-order valence-electron chi connectivity index (χ0n) is 6.61. The van der Waals surface area contributed by atoms with Crippen LogP contribution >= 0.6 is 0 Å². The Bertz CT molecular complexity index is 127. The van der Waals surface area contributed by atoms with E-state index in [0.29, 0.717) is 0 Å². The van der Waals surface area contributed by atoms with Gasteiger partial charge in [0.25, 0.3) is 0 Å². The number of hydrogen-bond acceptors (Lipinski definition) is 1. The first-order valence-electron chi connectivity index (χ1n) is 3.63. The molecular weight excluding hydrogens is 122 g/mol. The fraction of sp³-hybridized carbons (Fsp3) is 0.556. The molecule has 0 saturated carbocycles. The van der Waals surface area contributed by atoms with Crippen molar-refractivity contribution in [1.29, 1.82) is 0 Å². The van der Waals surface area contributed by atoms with Crippen molar-refractivity contribution in [1.82, 2.24) is 5.32 Å². The smallest absolute Gasteiger partial charge is 0.0574 e. The fourth-order valence-electron chi connectivity index (χ4n) is 0.574. The number of unbranched alkanes of at least 4 members (excludes halogenated alkanes) is 2. The van der Waals surface area contributed by atoms with Gasteiger partial charge in [0.2, 0.25) is 0 Å². The van der Waals surface area contributed by atoms with Crippen LogP contribution in [0.15, 0.2) is 12.7 Å². The molecule has 0 amide bonds. The molecule has 0 spiro atoms. The maximum Gasteiger partial charge on any atom is 0.0574 e. The summed E-state index contributed by atoms with van der Waals surface area (Å²) in [4.78, 5) is 0. The minimum atomic E-state index is 0.800. The first-order valence-corrected chi connectivity index (χ1v) is 3.63. The Labute approximate surface area is 63.5 Å². The van der Waals surface area contributed by atoms with Crippen LogP contribution in [-0.2, 0) is 0 Å². The molecule has 1 N–H and O–H groups in total. The number of allylic oxidation sites excluding steroid dienone is 1. The van der Waals surface area contributed by atoms with E-state index >= 15 is 0 Å². The largest absolute Gasteiger partial charge is 0.309 e. The van der Waals surface area contributed by atoms with Crippen LogP contribution in [0, 0.1) is 11.8 Å². The van der Waals surface area contributed by atoms with Crippen molar-refractivity contribution in [2.75, 3.05) is 13.6 Å². The summed E-state index contributed by atoms with van der Waals surface area (Å²) >= 11 is 0. The summed E-state index contributed by atoms with van der Waals surface area (Å²) < 4.78 is 0. The van der Waals surface area contributed by atoms with Gasteiger partial charge in [0.15, 0.2) is 0 Å². The SMILES string of the molecule is C=CCCCC#CCNC. The third-order valence-corrected chi connectivity index (χ3v) is 1.10. The zero-order chi connectivity index (χ0) is 7.66. The van der Waals surface area contributed by atoms with Crippen molar-refractivity contribution in [2.24, 2.45) is 0 Å². The molecule has 0 rings (SSSR count). The minimum Gasteiger partial charge on any atom is -0.309 e. The molecule has 0 atom stereocenters. The number of nitrogens with one attached hydrogen (secondary N) is 1. The molecule has 0 fully saturated rings. The molecule has 0 unspecified atom stereocenters. The second-order valence-corrected chi connectivity index (χ2v) is 2.06. The first-order chi connectivity index (χ1) is 4.91. The summed E-state index contributed by atoms with van der Waals surface area (Å²) in [6.45, 7) is 4.43. The maximum atomic E-state index is 3.63. The number of hydrogen-bond donors (Lipinski definition) is 1. The predicted molar refractivity (Wildman–Crippen MR) is 45.8 cm³/mol. The molecule has 0 aliphatic heterocycles. The molecule has 0 saturated heterocycles. The average molecular weight is 137 g/mol. The van der Waals surface area contributed by atoms with Crippen LogP contribution in [0.2, 0.25) is 0 Å². The van der Waals surface area contributed by atoms with E-state index in [0.717, 1.165) is 25.8 Å². The summed E-state index contributed by atoms with van der Waals surface area (Å²) in [5.41, 5.74) is 0. The monoisotopic (exact) mass is 137 g/mol. The molecule has 0 aliphatic rings. The summed E-state index contributed by atoms with van der Waals surface area (Å²) in [5.74, 6) is 6.06. The van der Waals surface area contributed by atoms with Gasteiger partial charge in [0, 0.05) is 6.42 Å². The Balaban J connectivity index is 3.03. The van der Waals surface area contributed by atoms with Crippen molar-refractivity contribution < 1.29 is 0 Å². The Morgan fingerprint density at radius 3 is 2.90 bits per heavy atom. The Kier molecular flexibility index (Phi) is 7.65. The zero-order valence-corrected chi connectivity index (χ0v) is 6.61. The van der Waals surface area contributed by atoms with Crippen LogP contribution in [0.1, 0.15) is 19.3 Å². The lowest BCUT2D eigenvalue weighted by Crippen LogP contribution is -2.04. The van der Waals surface area contributed by atoms with Gasteiger partial charge in [-0.05, 0) is 19.9 Å². The van der Waals surface area contributed by atoms with Gasteiger partial charge in [0.05, 0.1) is 6.54 Å². The first kappa shape index (κ1) is 9.26. The van der Waals surface area contributed by atoms with Crippen LogP contribution in [0.4, 0.5) is 0 Å². The third-order valence-electron chi connectivity index (χ3n) is 1.10. The molecule has 10 heavy (non-hydrogen) atoms. The molecule has 56 valence electrons. The summed E-state index contributed by atoms with van der Waals surface area (Å²) in [6.07, 6.45) is 5.14. The average Bonchev–Trinajstić information content (AvgIpc) is 1.97. The van der Waals surface area contributed by atoms with E-state index in [1.165, 1.54) is 0 Å². The lowest BCUT2D eigenvalue weighted by Gasteiger charge is -1.85. The lowest BCUT2D eigenvalue weighted by atomic mass is 10.2. The van der Waals surface area contributed by atoms with Gasteiger partial charge >= 0.3 is 0 Å². The van der Waals surface area contributed by atoms with Gasteiger partial charge < -0.3 is 5.32 Å². The van der Waals surface area contributed by atoms with E-state index in [4.69, 9.17) is 0 Å². The van der Waals surface area contributed by atoms with Gasteiger partial charge in [-0.2, -0.15) is 0 Å². The molecule has 0 radical (unpaired) electrons. The highest BCUT2D eigenvalue weighted by atomic mass is 14.8. The minimum absolute atomic E-state index is 0.800. The lowest BCUT2D eigenvalue weighted by molar-refractivity contribution is 0.882. The van der Waals surface area contributed by atoms with Gasteiger partial charge in [-0.3, -0.25) is 0 Å². The topological polar surface area (TPSA) is 12.0 Å². The summed E-state index contributed by atoms with van der Waals surface area (Å²) in [6, 6.07) is 0. The van der Waals surface area contributed by atoms with Crippen molar-refractivity contribution in [3.05, 3.63) is 12.7 Å². The van der Waals surface area contributed by atoms with Crippen LogP contribution < -0.4 is 5.32 Å². The van der Waals surface area contributed by atoms with E-state index in [9.17, 15) is 0 Å². The molecule has 0 aromatic heterocycles. The van der Waals surface area contributed by atoms with Gasteiger partial charge in [-0.15, -0.1) is 12.5 Å². The van der Waals surface area contributed by atoms with E-state index < -0.39 is 0 Å². The predicted octanol–water partition coefficient (Wildman–Crippen LogP) is 1.57. The second-order valence-electron chi connectivity index (χ2n) is 2.06. The van der Waals surface area contributed by atoms with Crippen molar-refractivity contribution in [3.63, 3.8) is 0 Å². The molecule has 0 aliphatic carbocycles. The Morgan fingerprint density at radius 2 is 2.30 bits per heavy atom. The molecule has 0 aromatic carbocycles. The molecule has 1 heteroatoms. The van der Waals surface area contributed by atoms with E-state index in [1.807, 2.05) is 13.1 Å². The highest BCUT2D eigenvalue weighted by Crippen LogP contribution is 1.92. The summed E-state index contributed by atoms with van der Waals surface area (Å²) in [7, 11) is 1.90. The van der Waals surface area contributed by atoms with Gasteiger partial charge in [0.1, 0.15) is 0 Å². The molecule has 0 bridgehead atoms. The van der Waals surface area contributed by atoms with E-state index in [-0.39, 0.29) is 0 Å². The Hall–Kier alpha value is -0.740. The normalized spacial score (nSPS) is 8.10. The maximum absolute atomic E-state index is 3.63. The quantitative estimate of drug-likeness (QED) is 0.352. The van der Waals surface area contributed by atoms with E-state index in [1.54, 1.807) is 0 Å². The van der Waals surface area contributed by atoms with Gasteiger partial charge in [-0.25, -0.2) is 0 Å². The second kappa shape index (κ2) is 8.26. The van der Waals surface area contributed by atoms with Crippen LogP contribution in [0.25, 0.3) is 0 Å². The molecule has 0 aromatic rings. The summed E-state index contributed by atoms with van der Waals surface area (Å²) in [5, 5.41) is 2.96. The highest BCUT2D eigenvalue weighted by Gasteiger charge is 1.76. The van der Waals surface area contributed by atoms with Crippen LogP contribution in [-0.4, -0.2) is 13.6 Å². The van der Waals surface area contributed by atoms with Crippen LogP contribution in [0.3, 0.4) is 0 Å². The van der Waals surface area contributed by atoms with E-state index in [2.05, 4.69) is 23.7 Å². The fourth-order valence-corrected chi connectivity index (χ4v) is 0.574. The Morgan fingerprint density at radius 1 is 1.50 bits per heavy atom. The highest BCUT2D eigenvalue weighted by molar-refractivity contribution is 5.00. The molecule has 1 nitrogen and oxygen atoms in total. The van der Waals surface area contributed by atoms with Crippen molar-refractivity contribution in [2.45, 2.75) is 19.3 Å². The molecular formula is C9H15N. The number of rotatable bonds is 4. The third kappa shape index (κ3) is 7.26. The van der Waals surface area contributed by atoms with Crippen molar-refractivity contribution >= 4 is 0 Å². The van der Waals surface area contributed by atoms with Crippen molar-refractivity contribution in [3.8, 4) is 11.8 Å². The van der Waals surface area contributed by atoms with Crippen LogP contribution in [0.5, 0.6) is 0 Å². The molecule has 0 heterocycles.